The molecule has 16 heavy (non-hydrogen) atoms. The fraction of sp³-hybridized carbons (Fsp3) is 0.375. The van der Waals surface area contributed by atoms with Crippen LogP contribution in [0.1, 0.15) is 12.6 Å². The molecule has 0 aliphatic rings. The average molecular weight is 226 g/mol. The van der Waals surface area contributed by atoms with Gasteiger partial charge in [0.2, 0.25) is 5.95 Å². The summed E-state index contributed by atoms with van der Waals surface area (Å²) in [5.41, 5.74) is -0.0198. The van der Waals surface area contributed by atoms with Gasteiger partial charge in [-0.3, -0.25) is 14.9 Å². The standard InChI is InChI=1S/C8H10N4O4/c1-4-6(12(15)16)3-9-8(10-4)11-5(2)7(13)14/h3,5H,1-2H3,(H,13,14)(H,9,10,11)/t5-/m0/s1. The number of hydrogen-bond acceptors (Lipinski definition) is 6. The Morgan fingerprint density at radius 1 is 1.69 bits per heavy atom. The van der Waals surface area contributed by atoms with Crippen molar-refractivity contribution in [2.45, 2.75) is 19.9 Å². The highest BCUT2D eigenvalue weighted by Crippen LogP contribution is 2.15. The largest absolute Gasteiger partial charge is 0.480 e. The molecule has 1 aromatic heterocycles. The van der Waals surface area contributed by atoms with Crippen LogP contribution in [-0.4, -0.2) is 32.0 Å². The molecule has 0 aliphatic heterocycles. The first kappa shape index (κ1) is 11.8. The van der Waals surface area contributed by atoms with Crippen molar-refractivity contribution in [3.8, 4) is 0 Å². The van der Waals surface area contributed by atoms with Crippen LogP contribution < -0.4 is 5.32 Å². The van der Waals surface area contributed by atoms with Crippen LogP contribution in [0.2, 0.25) is 0 Å². The number of nitrogens with one attached hydrogen (secondary N) is 1. The van der Waals surface area contributed by atoms with Gasteiger partial charge in [-0.05, 0) is 13.8 Å². The van der Waals surface area contributed by atoms with Crippen LogP contribution in [-0.2, 0) is 4.79 Å². The highest BCUT2D eigenvalue weighted by Gasteiger charge is 2.16. The average Bonchev–Trinajstić information content (AvgIpc) is 2.16. The van der Waals surface area contributed by atoms with Crippen LogP contribution in [0.25, 0.3) is 0 Å². The number of carboxylic acid groups (broad SMARTS) is 1. The van der Waals surface area contributed by atoms with E-state index in [-0.39, 0.29) is 17.3 Å². The first-order chi connectivity index (χ1) is 7.41. The lowest BCUT2D eigenvalue weighted by atomic mass is 10.3. The van der Waals surface area contributed by atoms with Crippen LogP contribution in [0.15, 0.2) is 6.20 Å². The first-order valence-electron chi connectivity index (χ1n) is 4.39. The number of aliphatic carboxylic acids is 1. The smallest absolute Gasteiger partial charge is 0.325 e. The van der Waals surface area contributed by atoms with Crippen molar-refractivity contribution in [1.82, 2.24) is 9.97 Å². The van der Waals surface area contributed by atoms with E-state index < -0.39 is 16.9 Å². The molecule has 0 saturated heterocycles. The Balaban J connectivity index is 2.89. The Hall–Kier alpha value is -2.25. The number of carboxylic acids is 1. The van der Waals surface area contributed by atoms with Gasteiger partial charge in [-0.15, -0.1) is 0 Å². The van der Waals surface area contributed by atoms with Gasteiger partial charge in [0.1, 0.15) is 17.9 Å². The summed E-state index contributed by atoms with van der Waals surface area (Å²) < 4.78 is 0. The van der Waals surface area contributed by atoms with Gasteiger partial charge in [-0.1, -0.05) is 0 Å². The molecule has 0 radical (unpaired) electrons. The molecule has 1 heterocycles. The van der Waals surface area contributed by atoms with E-state index in [0.29, 0.717) is 0 Å². The van der Waals surface area contributed by atoms with Gasteiger partial charge >= 0.3 is 11.7 Å². The van der Waals surface area contributed by atoms with Crippen LogP contribution >= 0.6 is 0 Å². The number of rotatable bonds is 4. The van der Waals surface area contributed by atoms with Gasteiger partial charge in [0.15, 0.2) is 0 Å². The molecule has 86 valence electrons. The van der Waals surface area contributed by atoms with Gasteiger partial charge in [0, 0.05) is 0 Å². The van der Waals surface area contributed by atoms with Crippen LogP contribution in [0.3, 0.4) is 0 Å². The second kappa shape index (κ2) is 4.51. The van der Waals surface area contributed by atoms with E-state index in [9.17, 15) is 14.9 Å². The molecule has 0 fully saturated rings. The van der Waals surface area contributed by atoms with Gasteiger partial charge in [-0.25, -0.2) is 9.97 Å². The van der Waals surface area contributed by atoms with Gasteiger partial charge in [-0.2, -0.15) is 0 Å². The molecule has 2 N–H and O–H groups in total. The monoisotopic (exact) mass is 226 g/mol. The minimum atomic E-state index is -1.06. The first-order valence-corrected chi connectivity index (χ1v) is 4.39. The number of nitrogens with zero attached hydrogens (tertiary/aromatic N) is 3. The van der Waals surface area contributed by atoms with E-state index >= 15 is 0 Å². The zero-order chi connectivity index (χ0) is 12.3. The molecule has 0 aromatic carbocycles. The van der Waals surface area contributed by atoms with E-state index in [1.807, 2.05) is 0 Å². The van der Waals surface area contributed by atoms with Crippen molar-refractivity contribution in [2.24, 2.45) is 0 Å². The zero-order valence-electron chi connectivity index (χ0n) is 8.67. The highest BCUT2D eigenvalue weighted by molar-refractivity contribution is 5.75. The third-order valence-corrected chi connectivity index (χ3v) is 1.87. The van der Waals surface area contributed by atoms with Crippen LogP contribution in [0, 0.1) is 17.0 Å². The van der Waals surface area contributed by atoms with Crippen molar-refractivity contribution >= 4 is 17.6 Å². The predicted octanol–water partition coefficient (Wildman–Crippen LogP) is 0.578. The third-order valence-electron chi connectivity index (χ3n) is 1.87. The number of carbonyl (C=O) groups is 1. The Morgan fingerprint density at radius 2 is 2.31 bits per heavy atom. The fourth-order valence-corrected chi connectivity index (χ4v) is 0.965. The Morgan fingerprint density at radius 3 is 2.75 bits per heavy atom. The minimum absolute atomic E-state index is 0.0537. The fourth-order valence-electron chi connectivity index (χ4n) is 0.965. The summed E-state index contributed by atoms with van der Waals surface area (Å²) in [4.78, 5) is 27.9. The van der Waals surface area contributed by atoms with Crippen molar-refractivity contribution in [2.75, 3.05) is 5.32 Å². The number of aryl methyl sites for hydroxylation is 1. The van der Waals surface area contributed by atoms with Crippen molar-refractivity contribution < 1.29 is 14.8 Å². The quantitative estimate of drug-likeness (QED) is 0.569. The summed E-state index contributed by atoms with van der Waals surface area (Å²) in [6.45, 7) is 2.87. The Labute approximate surface area is 90.5 Å². The van der Waals surface area contributed by atoms with Crippen molar-refractivity contribution in [1.29, 1.82) is 0 Å². The lowest BCUT2D eigenvalue weighted by Gasteiger charge is -2.08. The topological polar surface area (TPSA) is 118 Å². The van der Waals surface area contributed by atoms with E-state index in [1.54, 1.807) is 0 Å². The molecule has 0 spiro atoms. The molecule has 1 aromatic rings. The van der Waals surface area contributed by atoms with Crippen LogP contribution in [0.5, 0.6) is 0 Å². The molecular formula is C8H10N4O4. The van der Waals surface area contributed by atoms with Crippen molar-refractivity contribution in [3.63, 3.8) is 0 Å². The van der Waals surface area contributed by atoms with Crippen molar-refractivity contribution in [3.05, 3.63) is 22.0 Å². The number of nitro groups is 1. The summed E-state index contributed by atoms with van der Waals surface area (Å²) in [7, 11) is 0. The Kier molecular flexibility index (Phi) is 3.33. The summed E-state index contributed by atoms with van der Waals surface area (Å²) in [5, 5.41) is 21.6. The molecule has 1 atom stereocenters. The molecule has 0 saturated carbocycles. The van der Waals surface area contributed by atoms with Gasteiger partial charge in [0.05, 0.1) is 4.92 Å². The summed E-state index contributed by atoms with van der Waals surface area (Å²) in [6, 6.07) is -0.860. The maximum Gasteiger partial charge on any atom is 0.325 e. The van der Waals surface area contributed by atoms with Crippen LogP contribution in [0.4, 0.5) is 11.6 Å². The molecule has 0 bridgehead atoms. The second-order valence-corrected chi connectivity index (χ2v) is 3.13. The second-order valence-electron chi connectivity index (χ2n) is 3.13. The SMILES string of the molecule is Cc1nc(N[C@@H](C)C(=O)O)ncc1[N+](=O)[O-]. The molecule has 0 amide bonds. The summed E-state index contributed by atoms with van der Waals surface area (Å²) in [5.74, 6) is -1.00. The molecular weight excluding hydrogens is 216 g/mol. The van der Waals surface area contributed by atoms with E-state index in [2.05, 4.69) is 15.3 Å². The van der Waals surface area contributed by atoms with Gasteiger partial charge in [0.25, 0.3) is 0 Å². The van der Waals surface area contributed by atoms with Gasteiger partial charge < -0.3 is 10.4 Å². The maximum atomic E-state index is 10.5. The predicted molar refractivity (Wildman–Crippen MR) is 54.1 cm³/mol. The summed E-state index contributed by atoms with van der Waals surface area (Å²) in [6.07, 6.45) is 1.04. The number of anilines is 1. The molecule has 8 nitrogen and oxygen atoms in total. The van der Waals surface area contributed by atoms with E-state index in [4.69, 9.17) is 5.11 Å². The Bertz CT molecular complexity index is 434. The molecule has 0 unspecified atom stereocenters. The normalized spacial score (nSPS) is 11.9. The zero-order valence-corrected chi connectivity index (χ0v) is 8.67. The number of aromatic nitrogens is 2. The maximum absolute atomic E-state index is 10.5. The lowest BCUT2D eigenvalue weighted by Crippen LogP contribution is -2.26. The molecule has 1 rings (SSSR count). The number of hydrogen-bond donors (Lipinski definition) is 2. The molecule has 0 aliphatic carbocycles. The highest BCUT2D eigenvalue weighted by atomic mass is 16.6. The molecule has 8 heteroatoms. The van der Waals surface area contributed by atoms with E-state index in [1.165, 1.54) is 13.8 Å². The lowest BCUT2D eigenvalue weighted by molar-refractivity contribution is -0.386. The third kappa shape index (κ3) is 2.62. The van der Waals surface area contributed by atoms with E-state index in [0.717, 1.165) is 6.20 Å². The summed E-state index contributed by atoms with van der Waals surface area (Å²) >= 11 is 0. The minimum Gasteiger partial charge on any atom is -0.480 e.